The van der Waals surface area contributed by atoms with Gasteiger partial charge in [0.25, 0.3) is 0 Å². The number of nitrogens with zero attached hydrogens (tertiary/aromatic N) is 1. The maximum atomic E-state index is 11.4. The Kier molecular flexibility index (Phi) is 5.16. The van der Waals surface area contributed by atoms with Gasteiger partial charge in [-0.1, -0.05) is 17.7 Å². The van der Waals surface area contributed by atoms with Crippen molar-refractivity contribution in [1.29, 1.82) is 0 Å². The topological polar surface area (TPSA) is 41.6 Å². The summed E-state index contributed by atoms with van der Waals surface area (Å²) in [7, 11) is 3.57. The monoisotopic (exact) mass is 250 g/mol. The van der Waals surface area contributed by atoms with Gasteiger partial charge in [-0.3, -0.25) is 10.2 Å². The zero-order valence-electron chi connectivity index (χ0n) is 11.8. The van der Waals surface area contributed by atoms with E-state index in [4.69, 9.17) is 4.74 Å². The van der Waals surface area contributed by atoms with Gasteiger partial charge in [0.1, 0.15) is 5.75 Å². The molecule has 0 spiro atoms. The van der Waals surface area contributed by atoms with Crippen LogP contribution in [0.25, 0.3) is 0 Å². The average Bonchev–Trinajstić information content (AvgIpc) is 2.20. The lowest BCUT2D eigenvalue weighted by molar-refractivity contribution is -0.125. The van der Waals surface area contributed by atoms with Gasteiger partial charge in [-0.25, -0.2) is 5.01 Å². The van der Waals surface area contributed by atoms with Crippen LogP contribution < -0.4 is 10.2 Å². The number of benzene rings is 1. The van der Waals surface area contributed by atoms with Gasteiger partial charge in [0, 0.05) is 14.1 Å². The van der Waals surface area contributed by atoms with Crippen molar-refractivity contribution in [3.63, 3.8) is 0 Å². The molecule has 0 saturated heterocycles. The molecule has 1 aromatic rings. The van der Waals surface area contributed by atoms with Crippen molar-refractivity contribution in [1.82, 2.24) is 10.4 Å². The number of nitrogens with one attached hydrogen (secondary N) is 1. The number of hydrogen-bond donors (Lipinski definition) is 1. The van der Waals surface area contributed by atoms with Gasteiger partial charge in [0.2, 0.25) is 5.91 Å². The summed E-state index contributed by atoms with van der Waals surface area (Å²) in [6.45, 7) is 6.50. The summed E-state index contributed by atoms with van der Waals surface area (Å²) in [5.41, 5.74) is 6.13. The number of ether oxygens (including phenoxy) is 1. The maximum Gasteiger partial charge on any atom is 0.237 e. The Hall–Kier alpha value is -1.55. The highest BCUT2D eigenvalue weighted by atomic mass is 16.5. The molecule has 0 aliphatic carbocycles. The Morgan fingerprint density at radius 2 is 1.78 bits per heavy atom. The molecule has 0 aliphatic heterocycles. The van der Waals surface area contributed by atoms with Crippen LogP contribution in [0.5, 0.6) is 5.75 Å². The molecular weight excluding hydrogens is 228 g/mol. The third-order valence-electron chi connectivity index (χ3n) is 2.53. The van der Waals surface area contributed by atoms with Crippen LogP contribution in [0.1, 0.15) is 23.1 Å². The van der Waals surface area contributed by atoms with E-state index in [2.05, 4.69) is 24.5 Å². The van der Waals surface area contributed by atoms with E-state index in [1.54, 1.807) is 19.1 Å². The van der Waals surface area contributed by atoms with Gasteiger partial charge in [0.05, 0.1) is 13.0 Å². The highest BCUT2D eigenvalue weighted by Crippen LogP contribution is 2.24. The highest BCUT2D eigenvalue weighted by molar-refractivity contribution is 5.75. The van der Waals surface area contributed by atoms with E-state index in [9.17, 15) is 4.79 Å². The van der Waals surface area contributed by atoms with Gasteiger partial charge in [-0.15, -0.1) is 0 Å². The van der Waals surface area contributed by atoms with Crippen LogP contribution in [0.4, 0.5) is 0 Å². The van der Waals surface area contributed by atoms with Crippen LogP contribution in [0.3, 0.4) is 0 Å². The van der Waals surface area contributed by atoms with E-state index < -0.39 is 0 Å². The minimum atomic E-state index is -0.0394. The largest absolute Gasteiger partial charge is 0.493 e. The summed E-state index contributed by atoms with van der Waals surface area (Å²) in [6, 6.07) is 4.17. The summed E-state index contributed by atoms with van der Waals surface area (Å²) in [5.74, 6) is 0.848. The SMILES string of the molecule is Cc1cc(C)c(OCCC(=O)NN(C)C)c(C)c1. The molecule has 1 rings (SSSR count). The first-order valence-electron chi connectivity index (χ1n) is 6.07. The molecule has 0 aromatic heterocycles. The number of carbonyl (C=O) groups is 1. The summed E-state index contributed by atoms with van der Waals surface area (Å²) in [6.07, 6.45) is 0.352. The molecule has 0 heterocycles. The molecule has 0 aliphatic rings. The predicted molar refractivity (Wildman–Crippen MR) is 72.6 cm³/mol. The van der Waals surface area contributed by atoms with Crippen LogP contribution in [0.15, 0.2) is 12.1 Å². The van der Waals surface area contributed by atoms with Crippen LogP contribution in [0.2, 0.25) is 0 Å². The smallest absolute Gasteiger partial charge is 0.237 e. The van der Waals surface area contributed by atoms with Crippen molar-refractivity contribution >= 4 is 5.91 Å². The lowest BCUT2D eigenvalue weighted by atomic mass is 10.1. The van der Waals surface area contributed by atoms with Gasteiger partial charge in [-0.2, -0.15) is 0 Å². The first kappa shape index (κ1) is 14.5. The van der Waals surface area contributed by atoms with E-state index in [-0.39, 0.29) is 5.91 Å². The number of hydrogen-bond acceptors (Lipinski definition) is 3. The molecule has 0 atom stereocenters. The highest BCUT2D eigenvalue weighted by Gasteiger charge is 2.07. The van der Waals surface area contributed by atoms with Gasteiger partial charge in [0.15, 0.2) is 0 Å². The molecule has 0 saturated carbocycles. The Labute approximate surface area is 109 Å². The lowest BCUT2D eigenvalue weighted by Gasteiger charge is -2.14. The van der Waals surface area contributed by atoms with Crippen molar-refractivity contribution in [2.24, 2.45) is 0 Å². The van der Waals surface area contributed by atoms with Gasteiger partial charge >= 0.3 is 0 Å². The van der Waals surface area contributed by atoms with Crippen LogP contribution >= 0.6 is 0 Å². The lowest BCUT2D eigenvalue weighted by Crippen LogP contribution is -2.36. The Morgan fingerprint density at radius 3 is 2.28 bits per heavy atom. The average molecular weight is 250 g/mol. The predicted octanol–water partition coefficient (Wildman–Crippen LogP) is 1.97. The zero-order valence-corrected chi connectivity index (χ0v) is 11.8. The third-order valence-corrected chi connectivity index (χ3v) is 2.53. The second kappa shape index (κ2) is 6.40. The number of aryl methyl sites for hydroxylation is 3. The molecule has 0 bridgehead atoms. The van der Waals surface area contributed by atoms with Gasteiger partial charge < -0.3 is 4.74 Å². The zero-order chi connectivity index (χ0) is 13.7. The second-order valence-electron chi connectivity index (χ2n) is 4.76. The van der Waals surface area contributed by atoms with E-state index in [0.717, 1.165) is 16.9 Å². The fourth-order valence-electron chi connectivity index (χ4n) is 1.95. The van der Waals surface area contributed by atoms with Crippen molar-refractivity contribution in [2.45, 2.75) is 27.2 Å². The summed E-state index contributed by atoms with van der Waals surface area (Å²) < 4.78 is 5.70. The second-order valence-corrected chi connectivity index (χ2v) is 4.76. The molecule has 0 unspecified atom stereocenters. The minimum Gasteiger partial charge on any atom is -0.493 e. The molecule has 4 nitrogen and oxygen atoms in total. The third kappa shape index (κ3) is 4.37. The van der Waals surface area contributed by atoms with Crippen LogP contribution in [-0.2, 0) is 4.79 Å². The van der Waals surface area contributed by atoms with Crippen molar-refractivity contribution in [2.75, 3.05) is 20.7 Å². The quantitative estimate of drug-likeness (QED) is 0.812. The minimum absolute atomic E-state index is 0.0394. The van der Waals surface area contributed by atoms with Crippen LogP contribution in [0, 0.1) is 20.8 Å². The molecule has 18 heavy (non-hydrogen) atoms. The molecule has 100 valence electrons. The van der Waals surface area contributed by atoms with E-state index in [0.29, 0.717) is 13.0 Å². The molecule has 1 N–H and O–H groups in total. The molecule has 0 radical (unpaired) electrons. The Balaban J connectivity index is 2.52. The Morgan fingerprint density at radius 1 is 1.22 bits per heavy atom. The molecule has 4 heteroatoms. The van der Waals surface area contributed by atoms with E-state index in [1.165, 1.54) is 5.56 Å². The fourth-order valence-corrected chi connectivity index (χ4v) is 1.95. The molecule has 0 fully saturated rings. The first-order valence-corrected chi connectivity index (χ1v) is 6.07. The first-order chi connectivity index (χ1) is 8.40. The van der Waals surface area contributed by atoms with Crippen molar-refractivity contribution in [3.05, 3.63) is 28.8 Å². The van der Waals surface area contributed by atoms with E-state index in [1.807, 2.05) is 13.8 Å². The maximum absolute atomic E-state index is 11.4. The summed E-state index contributed by atoms with van der Waals surface area (Å²) >= 11 is 0. The van der Waals surface area contributed by atoms with Crippen molar-refractivity contribution < 1.29 is 9.53 Å². The van der Waals surface area contributed by atoms with E-state index >= 15 is 0 Å². The summed E-state index contributed by atoms with van der Waals surface area (Å²) in [5, 5.41) is 1.63. The van der Waals surface area contributed by atoms with Crippen molar-refractivity contribution in [3.8, 4) is 5.75 Å². The fraction of sp³-hybridized carbons (Fsp3) is 0.500. The number of hydrazine groups is 1. The summed E-state index contributed by atoms with van der Waals surface area (Å²) in [4.78, 5) is 11.4. The van der Waals surface area contributed by atoms with Crippen LogP contribution in [-0.4, -0.2) is 31.6 Å². The molecule has 1 aromatic carbocycles. The number of carbonyl (C=O) groups excluding carboxylic acids is 1. The standard InChI is InChI=1S/C14H22N2O2/c1-10-8-11(2)14(12(3)9-10)18-7-6-13(17)15-16(4)5/h8-9H,6-7H2,1-5H3,(H,15,17). The molecular formula is C14H22N2O2. The normalized spacial score (nSPS) is 10.6. The molecule has 1 amide bonds. The Bertz CT molecular complexity index is 405. The number of amides is 1. The number of rotatable bonds is 5. The van der Waals surface area contributed by atoms with Gasteiger partial charge in [-0.05, 0) is 31.9 Å².